The Labute approximate surface area is 184 Å². The molecule has 0 spiro atoms. The van der Waals surface area contributed by atoms with E-state index >= 15 is 0 Å². The summed E-state index contributed by atoms with van der Waals surface area (Å²) in [6.45, 7) is 2.17. The average molecular weight is 422 g/mol. The molecule has 0 aliphatic carbocycles. The molecular formula is C25H19N5S. The fourth-order valence-electron chi connectivity index (χ4n) is 3.82. The second kappa shape index (κ2) is 8.13. The molecule has 0 saturated heterocycles. The Morgan fingerprint density at radius 2 is 1.94 bits per heavy atom. The lowest BCUT2D eigenvalue weighted by Gasteiger charge is -2.18. The summed E-state index contributed by atoms with van der Waals surface area (Å²) in [7, 11) is 0. The van der Waals surface area contributed by atoms with Crippen molar-refractivity contribution >= 4 is 22.4 Å². The maximum absolute atomic E-state index is 9.40. The van der Waals surface area contributed by atoms with Crippen LogP contribution in [0.15, 0.2) is 78.4 Å². The first-order valence-corrected chi connectivity index (χ1v) is 10.9. The molecule has 3 heterocycles. The van der Waals surface area contributed by atoms with E-state index < -0.39 is 0 Å². The first kappa shape index (κ1) is 19.2. The average Bonchev–Trinajstić information content (AvgIpc) is 3.44. The molecule has 0 aliphatic rings. The monoisotopic (exact) mass is 421 g/mol. The van der Waals surface area contributed by atoms with Crippen LogP contribution in [0.1, 0.15) is 35.6 Å². The van der Waals surface area contributed by atoms with Crippen molar-refractivity contribution in [3.63, 3.8) is 0 Å². The van der Waals surface area contributed by atoms with Gasteiger partial charge in [-0.25, -0.2) is 9.97 Å². The summed E-state index contributed by atoms with van der Waals surface area (Å²) in [4.78, 5) is 13.9. The largest absolute Gasteiger partial charge is 0.320 e. The highest BCUT2D eigenvalue weighted by Gasteiger charge is 2.19. The molecule has 5 aromatic rings. The summed E-state index contributed by atoms with van der Waals surface area (Å²) < 4.78 is 2.23. The van der Waals surface area contributed by atoms with E-state index in [1.54, 1.807) is 17.5 Å². The molecule has 0 N–H and O–H groups in total. The minimum Gasteiger partial charge on any atom is -0.320 e. The first-order chi connectivity index (χ1) is 15.2. The van der Waals surface area contributed by atoms with Gasteiger partial charge in [-0.1, -0.05) is 30.3 Å². The smallest absolute Gasteiger partial charge is 0.125 e. The molecule has 0 saturated carbocycles. The summed E-state index contributed by atoms with van der Waals surface area (Å²) in [5, 5.41) is 12.4. The lowest BCUT2D eigenvalue weighted by atomic mass is 10.1. The molecule has 0 fully saturated rings. The fourth-order valence-corrected chi connectivity index (χ4v) is 4.63. The van der Waals surface area contributed by atoms with E-state index in [1.807, 2.05) is 54.7 Å². The van der Waals surface area contributed by atoms with Gasteiger partial charge in [-0.15, -0.1) is 11.3 Å². The first-order valence-electron chi connectivity index (χ1n) is 10.0. The van der Waals surface area contributed by atoms with Gasteiger partial charge in [0.25, 0.3) is 0 Å². The number of pyridine rings is 1. The zero-order valence-electron chi connectivity index (χ0n) is 16.9. The van der Waals surface area contributed by atoms with Gasteiger partial charge in [-0.3, -0.25) is 4.98 Å². The van der Waals surface area contributed by atoms with Gasteiger partial charge in [-0.2, -0.15) is 5.26 Å². The van der Waals surface area contributed by atoms with Crippen LogP contribution in [0, 0.1) is 11.3 Å². The summed E-state index contributed by atoms with van der Waals surface area (Å²) in [6, 6.07) is 22.3. The third kappa shape index (κ3) is 3.72. The number of thiazole rings is 1. The second-order valence-corrected chi connectivity index (χ2v) is 8.22. The molecule has 5 rings (SSSR count). The summed E-state index contributed by atoms with van der Waals surface area (Å²) >= 11 is 1.61. The Kier molecular flexibility index (Phi) is 5.03. The van der Waals surface area contributed by atoms with Crippen molar-refractivity contribution in [3.05, 3.63) is 101 Å². The molecule has 150 valence electrons. The molecule has 0 radical (unpaired) electrons. The highest BCUT2D eigenvalue weighted by molar-refractivity contribution is 7.13. The van der Waals surface area contributed by atoms with Gasteiger partial charge in [0.2, 0.25) is 0 Å². The highest BCUT2D eigenvalue weighted by Crippen LogP contribution is 2.29. The van der Waals surface area contributed by atoms with Crippen molar-refractivity contribution in [2.24, 2.45) is 0 Å². The van der Waals surface area contributed by atoms with Crippen molar-refractivity contribution in [3.8, 4) is 16.6 Å². The molecule has 0 aliphatic heterocycles. The van der Waals surface area contributed by atoms with Crippen molar-refractivity contribution in [1.82, 2.24) is 19.5 Å². The van der Waals surface area contributed by atoms with Crippen molar-refractivity contribution in [2.45, 2.75) is 19.4 Å². The van der Waals surface area contributed by atoms with Crippen LogP contribution in [0.25, 0.3) is 21.6 Å². The Hall–Kier alpha value is -3.82. The standard InChI is InChI=1S/C25H19N5S/c1-17(19-6-3-2-4-7-19)30-23-12-18(14-26)9-10-22(23)29-24(30)13-21-16-31-25(28-21)20-8-5-11-27-15-20/h2-12,15-17H,13H2,1H3/t17-/m1/s1. The van der Waals surface area contributed by atoms with E-state index in [9.17, 15) is 5.26 Å². The van der Waals surface area contributed by atoms with Crippen molar-refractivity contribution < 1.29 is 0 Å². The van der Waals surface area contributed by atoms with Gasteiger partial charge in [0, 0.05) is 29.8 Å². The van der Waals surface area contributed by atoms with E-state index in [1.165, 1.54) is 5.56 Å². The third-order valence-corrected chi connectivity index (χ3v) is 6.30. The van der Waals surface area contributed by atoms with Gasteiger partial charge >= 0.3 is 0 Å². The van der Waals surface area contributed by atoms with E-state index in [0.717, 1.165) is 33.1 Å². The Morgan fingerprint density at radius 1 is 1.06 bits per heavy atom. The van der Waals surface area contributed by atoms with Gasteiger partial charge in [0.05, 0.1) is 34.4 Å². The molecule has 5 nitrogen and oxygen atoms in total. The van der Waals surface area contributed by atoms with E-state index in [0.29, 0.717) is 12.0 Å². The minimum absolute atomic E-state index is 0.0755. The summed E-state index contributed by atoms with van der Waals surface area (Å²) in [5.74, 6) is 0.935. The number of rotatable bonds is 5. The van der Waals surface area contributed by atoms with E-state index in [4.69, 9.17) is 9.97 Å². The van der Waals surface area contributed by atoms with Crippen LogP contribution >= 0.6 is 11.3 Å². The van der Waals surface area contributed by atoms with E-state index in [-0.39, 0.29) is 6.04 Å². The maximum atomic E-state index is 9.40. The van der Waals surface area contributed by atoms with Crippen molar-refractivity contribution in [1.29, 1.82) is 5.26 Å². The normalized spacial score (nSPS) is 12.0. The van der Waals surface area contributed by atoms with Crippen LogP contribution in [0.2, 0.25) is 0 Å². The predicted molar refractivity (Wildman–Crippen MR) is 123 cm³/mol. The number of benzene rings is 2. The number of fused-ring (bicyclic) bond motifs is 1. The van der Waals surface area contributed by atoms with Gasteiger partial charge < -0.3 is 4.57 Å². The number of imidazole rings is 1. The molecule has 31 heavy (non-hydrogen) atoms. The summed E-state index contributed by atoms with van der Waals surface area (Å²) in [6.07, 6.45) is 4.21. The lowest BCUT2D eigenvalue weighted by molar-refractivity contribution is 0.625. The SMILES string of the molecule is C[C@H](c1ccccc1)n1c(Cc2csc(-c3cccnc3)n2)nc2ccc(C#N)cc21. The number of hydrogen-bond donors (Lipinski definition) is 0. The highest BCUT2D eigenvalue weighted by atomic mass is 32.1. The molecule has 0 amide bonds. The van der Waals surface area contributed by atoms with Crippen LogP contribution < -0.4 is 0 Å². The number of hydrogen-bond acceptors (Lipinski definition) is 5. The fraction of sp³-hybridized carbons (Fsp3) is 0.120. The Morgan fingerprint density at radius 3 is 2.71 bits per heavy atom. The lowest BCUT2D eigenvalue weighted by Crippen LogP contribution is -2.11. The third-order valence-electron chi connectivity index (χ3n) is 5.36. The molecule has 0 unspecified atom stereocenters. The minimum atomic E-state index is 0.0755. The number of aromatic nitrogens is 4. The van der Waals surface area contributed by atoms with Crippen LogP contribution in [0.3, 0.4) is 0 Å². The van der Waals surface area contributed by atoms with Crippen LogP contribution in [0.4, 0.5) is 0 Å². The maximum Gasteiger partial charge on any atom is 0.125 e. The van der Waals surface area contributed by atoms with Gasteiger partial charge in [-0.05, 0) is 42.8 Å². The topological polar surface area (TPSA) is 67.4 Å². The summed E-state index contributed by atoms with van der Waals surface area (Å²) in [5.41, 5.74) is 5.67. The Bertz CT molecular complexity index is 1380. The van der Waals surface area contributed by atoms with Gasteiger partial charge in [0.1, 0.15) is 10.8 Å². The van der Waals surface area contributed by atoms with Crippen LogP contribution in [-0.4, -0.2) is 19.5 Å². The molecule has 0 bridgehead atoms. The zero-order valence-corrected chi connectivity index (χ0v) is 17.8. The molecule has 3 aromatic heterocycles. The quantitative estimate of drug-likeness (QED) is 0.369. The predicted octanol–water partition coefficient (Wildman–Crippen LogP) is 5.63. The van der Waals surface area contributed by atoms with Gasteiger partial charge in [0.15, 0.2) is 0 Å². The second-order valence-electron chi connectivity index (χ2n) is 7.36. The molecule has 6 heteroatoms. The van der Waals surface area contributed by atoms with Crippen molar-refractivity contribution in [2.75, 3.05) is 0 Å². The molecular weight excluding hydrogens is 402 g/mol. The molecule has 2 aromatic carbocycles. The van der Waals surface area contributed by atoms with Crippen LogP contribution in [-0.2, 0) is 6.42 Å². The zero-order chi connectivity index (χ0) is 21.2. The number of nitrogens with zero attached hydrogens (tertiary/aromatic N) is 5. The Balaban J connectivity index is 1.58. The number of nitriles is 1. The molecule has 1 atom stereocenters. The van der Waals surface area contributed by atoms with E-state index in [2.05, 4.69) is 40.1 Å². The van der Waals surface area contributed by atoms with Crippen LogP contribution in [0.5, 0.6) is 0 Å².